The van der Waals surface area contributed by atoms with Gasteiger partial charge in [0.15, 0.2) is 0 Å². The smallest absolute Gasteiger partial charge is 0.289 e. The Bertz CT molecular complexity index is 1110. The van der Waals surface area contributed by atoms with Gasteiger partial charge in [0.05, 0.1) is 23.4 Å². The first-order chi connectivity index (χ1) is 16.6. The number of H-pyrrole nitrogens is 1. The molecule has 9 nitrogen and oxygen atoms in total. The van der Waals surface area contributed by atoms with Crippen molar-refractivity contribution in [1.29, 1.82) is 0 Å². The molecule has 178 valence electrons. The Kier molecular flexibility index (Phi) is 9.33. The van der Waals surface area contributed by atoms with Gasteiger partial charge >= 0.3 is 0 Å². The minimum absolute atomic E-state index is 0.0488. The number of nitrogens with zero attached hydrogens (tertiary/aromatic N) is 3. The molecule has 0 atom stereocenters. The van der Waals surface area contributed by atoms with E-state index in [0.717, 1.165) is 17.7 Å². The summed E-state index contributed by atoms with van der Waals surface area (Å²) >= 11 is 0. The van der Waals surface area contributed by atoms with Crippen molar-refractivity contribution in [2.24, 2.45) is 5.10 Å². The molecule has 0 saturated heterocycles. The van der Waals surface area contributed by atoms with Crippen LogP contribution in [-0.2, 0) is 0 Å². The maximum absolute atomic E-state index is 12.3. The number of hydrogen-bond donors (Lipinski definition) is 2. The molecule has 3 rings (SSSR count). The molecular weight excluding hydrogens is 434 g/mol. The maximum Gasteiger partial charge on any atom is 0.289 e. The summed E-state index contributed by atoms with van der Waals surface area (Å²) in [5, 5.41) is 21.6. The van der Waals surface area contributed by atoms with Gasteiger partial charge in [0.25, 0.3) is 11.6 Å². The Labute approximate surface area is 198 Å². The van der Waals surface area contributed by atoms with Crippen LogP contribution in [0, 0.1) is 10.1 Å². The molecule has 0 radical (unpaired) electrons. The third-order valence-electron chi connectivity index (χ3n) is 5.20. The maximum atomic E-state index is 12.3. The first-order valence-corrected chi connectivity index (χ1v) is 11.4. The Hall–Kier alpha value is -4.01. The third-order valence-corrected chi connectivity index (χ3v) is 5.20. The largest absolute Gasteiger partial charge is 0.494 e. The molecule has 0 aliphatic heterocycles. The summed E-state index contributed by atoms with van der Waals surface area (Å²) in [5.74, 6) is 0.334. The quantitative estimate of drug-likeness (QED) is 0.150. The van der Waals surface area contributed by atoms with E-state index in [1.54, 1.807) is 18.2 Å². The van der Waals surface area contributed by atoms with Crippen LogP contribution in [0.1, 0.15) is 61.5 Å². The van der Waals surface area contributed by atoms with E-state index in [4.69, 9.17) is 4.74 Å². The number of non-ortho nitro benzene ring substituents is 1. The lowest BCUT2D eigenvalue weighted by Crippen LogP contribution is -2.18. The summed E-state index contributed by atoms with van der Waals surface area (Å²) in [7, 11) is 0. The lowest BCUT2D eigenvalue weighted by molar-refractivity contribution is -0.384. The molecule has 0 spiro atoms. The van der Waals surface area contributed by atoms with Gasteiger partial charge in [0.2, 0.25) is 0 Å². The molecule has 34 heavy (non-hydrogen) atoms. The number of aromatic amines is 1. The van der Waals surface area contributed by atoms with Crippen LogP contribution in [0.4, 0.5) is 5.69 Å². The zero-order valence-electron chi connectivity index (χ0n) is 19.2. The number of rotatable bonds is 13. The van der Waals surface area contributed by atoms with Crippen LogP contribution < -0.4 is 10.2 Å². The Balaban J connectivity index is 1.48. The van der Waals surface area contributed by atoms with Crippen LogP contribution >= 0.6 is 0 Å². The molecule has 2 aromatic carbocycles. The molecule has 9 heteroatoms. The molecule has 1 heterocycles. The number of hydrogen-bond acceptors (Lipinski definition) is 6. The van der Waals surface area contributed by atoms with Crippen molar-refractivity contribution in [2.75, 3.05) is 6.61 Å². The van der Waals surface area contributed by atoms with Crippen LogP contribution in [-0.4, -0.2) is 33.8 Å². The second-order valence-electron chi connectivity index (χ2n) is 7.86. The summed E-state index contributed by atoms with van der Waals surface area (Å²) in [5.41, 5.74) is 4.55. The summed E-state index contributed by atoms with van der Waals surface area (Å²) in [4.78, 5) is 22.7. The van der Waals surface area contributed by atoms with Gasteiger partial charge in [-0.25, -0.2) is 5.43 Å². The van der Waals surface area contributed by atoms with Gasteiger partial charge in [-0.2, -0.15) is 10.2 Å². The molecule has 0 aliphatic rings. The number of ether oxygens (including phenoxy) is 1. The zero-order chi connectivity index (χ0) is 24.2. The van der Waals surface area contributed by atoms with E-state index in [1.165, 1.54) is 50.5 Å². The third kappa shape index (κ3) is 7.54. The average Bonchev–Trinajstić information content (AvgIpc) is 3.34. The highest BCUT2D eigenvalue weighted by Gasteiger charge is 2.11. The van der Waals surface area contributed by atoms with E-state index in [9.17, 15) is 14.9 Å². The molecule has 0 fully saturated rings. The molecule has 1 amide bonds. The zero-order valence-corrected chi connectivity index (χ0v) is 19.2. The van der Waals surface area contributed by atoms with Gasteiger partial charge in [-0.3, -0.25) is 20.0 Å². The standard InChI is InChI=1S/C25H29N5O4/c1-2-3-4-5-6-7-15-34-22-13-11-20(12-14-22)23-17-24(28-27-23)25(31)29-26-18-19-9-8-10-21(16-19)30(32)33/h8-14,16-18H,2-7,15H2,1H3,(H,27,28)(H,29,31). The summed E-state index contributed by atoms with van der Waals surface area (Å²) in [6.07, 6.45) is 8.67. The van der Waals surface area contributed by atoms with Gasteiger partial charge in [-0.15, -0.1) is 0 Å². The SMILES string of the molecule is CCCCCCCCOc1ccc(-c2cc(C(=O)NN=Cc3cccc([N+](=O)[O-])c3)[nH]n2)cc1. The van der Waals surface area contributed by atoms with Crippen LogP contribution in [0.2, 0.25) is 0 Å². The van der Waals surface area contributed by atoms with Crippen molar-refractivity contribution in [3.05, 3.63) is 76.0 Å². The van der Waals surface area contributed by atoms with Gasteiger partial charge in [0, 0.05) is 23.3 Å². The minimum atomic E-state index is -0.490. The fraction of sp³-hybridized carbons (Fsp3) is 0.320. The number of nitro groups is 1. The average molecular weight is 464 g/mol. The number of benzene rings is 2. The van der Waals surface area contributed by atoms with Gasteiger partial charge in [-0.05, 0) is 36.8 Å². The van der Waals surface area contributed by atoms with Gasteiger partial charge < -0.3 is 4.74 Å². The normalized spacial score (nSPS) is 11.0. The van der Waals surface area contributed by atoms with E-state index in [1.807, 2.05) is 24.3 Å². The highest BCUT2D eigenvalue weighted by atomic mass is 16.6. The number of hydrazone groups is 1. The van der Waals surface area contributed by atoms with Crippen LogP contribution in [0.25, 0.3) is 11.3 Å². The summed E-state index contributed by atoms with van der Waals surface area (Å²) in [6.45, 7) is 2.92. The number of amides is 1. The first kappa shape index (κ1) is 24.6. The monoisotopic (exact) mass is 463 g/mol. The molecule has 0 aliphatic carbocycles. The van der Waals surface area contributed by atoms with Crippen molar-refractivity contribution in [1.82, 2.24) is 15.6 Å². The van der Waals surface area contributed by atoms with Crippen molar-refractivity contribution >= 4 is 17.8 Å². The van der Waals surface area contributed by atoms with Crippen molar-refractivity contribution in [3.63, 3.8) is 0 Å². The molecule has 0 bridgehead atoms. The number of carbonyl (C=O) groups is 1. The fourth-order valence-electron chi connectivity index (χ4n) is 3.32. The van der Waals surface area contributed by atoms with Crippen LogP contribution in [0.5, 0.6) is 5.75 Å². The molecule has 0 saturated carbocycles. The minimum Gasteiger partial charge on any atom is -0.494 e. The lowest BCUT2D eigenvalue weighted by Gasteiger charge is -2.06. The summed E-state index contributed by atoms with van der Waals surface area (Å²) in [6, 6.07) is 15.2. The number of carbonyl (C=O) groups excluding carboxylic acids is 1. The highest BCUT2D eigenvalue weighted by molar-refractivity contribution is 5.94. The predicted octanol–water partition coefficient (Wildman–Crippen LogP) is 5.49. The molecule has 2 N–H and O–H groups in total. The number of nitrogens with one attached hydrogen (secondary N) is 2. The molecule has 3 aromatic rings. The van der Waals surface area contributed by atoms with Crippen molar-refractivity contribution in [2.45, 2.75) is 45.4 Å². The van der Waals surface area contributed by atoms with E-state index < -0.39 is 10.8 Å². The second kappa shape index (κ2) is 12.9. The Morgan fingerprint density at radius 3 is 2.65 bits per heavy atom. The Morgan fingerprint density at radius 2 is 1.88 bits per heavy atom. The molecule has 1 aromatic heterocycles. The fourth-order valence-corrected chi connectivity index (χ4v) is 3.32. The first-order valence-electron chi connectivity index (χ1n) is 11.4. The second-order valence-corrected chi connectivity index (χ2v) is 7.86. The lowest BCUT2D eigenvalue weighted by atomic mass is 10.1. The number of aromatic nitrogens is 2. The molecular formula is C25H29N5O4. The van der Waals surface area contributed by atoms with Gasteiger partial charge in [0.1, 0.15) is 11.4 Å². The van der Waals surface area contributed by atoms with Crippen LogP contribution in [0.3, 0.4) is 0 Å². The predicted molar refractivity (Wildman–Crippen MR) is 131 cm³/mol. The molecule has 0 unspecified atom stereocenters. The van der Waals surface area contributed by atoms with Crippen LogP contribution in [0.15, 0.2) is 59.7 Å². The van der Waals surface area contributed by atoms with E-state index in [0.29, 0.717) is 17.9 Å². The van der Waals surface area contributed by atoms with Crippen molar-refractivity contribution < 1.29 is 14.5 Å². The highest BCUT2D eigenvalue weighted by Crippen LogP contribution is 2.21. The number of unbranched alkanes of at least 4 members (excludes halogenated alkanes) is 5. The van der Waals surface area contributed by atoms with E-state index in [2.05, 4.69) is 27.6 Å². The van der Waals surface area contributed by atoms with Gasteiger partial charge in [-0.1, -0.05) is 51.2 Å². The van der Waals surface area contributed by atoms with Crippen molar-refractivity contribution in [3.8, 4) is 17.0 Å². The Morgan fingerprint density at radius 1 is 1.12 bits per heavy atom. The topological polar surface area (TPSA) is 123 Å². The van der Waals surface area contributed by atoms with E-state index in [-0.39, 0.29) is 11.4 Å². The summed E-state index contributed by atoms with van der Waals surface area (Å²) < 4.78 is 5.80. The number of nitro benzene ring substituents is 1. The van der Waals surface area contributed by atoms with E-state index >= 15 is 0 Å².